The molecule has 108 valence electrons. The predicted octanol–water partition coefficient (Wildman–Crippen LogP) is 3.91. The standard InChI is InChI=1S/C16H14ClNO3/c1-9-3-6-14(12(7-9)16(20)21)18-15(19)11-5-4-10(2)13(17)8-11/h3-8H,1-2H3,(H,18,19)(H,20,21). The van der Waals surface area contributed by atoms with Gasteiger partial charge in [-0.3, -0.25) is 4.79 Å². The van der Waals surface area contributed by atoms with E-state index in [4.69, 9.17) is 11.6 Å². The summed E-state index contributed by atoms with van der Waals surface area (Å²) in [4.78, 5) is 23.4. The summed E-state index contributed by atoms with van der Waals surface area (Å²) in [5.74, 6) is -1.49. The molecule has 2 rings (SSSR count). The Labute approximate surface area is 127 Å². The molecule has 21 heavy (non-hydrogen) atoms. The highest BCUT2D eigenvalue weighted by Crippen LogP contribution is 2.20. The van der Waals surface area contributed by atoms with Crippen molar-refractivity contribution in [2.45, 2.75) is 13.8 Å². The largest absolute Gasteiger partial charge is 0.478 e. The van der Waals surface area contributed by atoms with Gasteiger partial charge in [-0.25, -0.2) is 4.79 Å². The molecule has 0 heterocycles. The highest BCUT2D eigenvalue weighted by molar-refractivity contribution is 6.31. The quantitative estimate of drug-likeness (QED) is 0.903. The van der Waals surface area contributed by atoms with Gasteiger partial charge in [-0.05, 0) is 43.7 Å². The smallest absolute Gasteiger partial charge is 0.337 e. The number of carbonyl (C=O) groups excluding carboxylic acids is 1. The molecule has 4 nitrogen and oxygen atoms in total. The molecule has 0 unspecified atom stereocenters. The maximum absolute atomic E-state index is 12.2. The van der Waals surface area contributed by atoms with E-state index in [0.29, 0.717) is 10.6 Å². The van der Waals surface area contributed by atoms with Crippen molar-refractivity contribution in [3.63, 3.8) is 0 Å². The summed E-state index contributed by atoms with van der Waals surface area (Å²) in [7, 11) is 0. The number of nitrogens with one attached hydrogen (secondary N) is 1. The first-order valence-electron chi connectivity index (χ1n) is 6.30. The van der Waals surface area contributed by atoms with E-state index in [9.17, 15) is 14.7 Å². The number of anilines is 1. The van der Waals surface area contributed by atoms with E-state index < -0.39 is 11.9 Å². The summed E-state index contributed by atoms with van der Waals surface area (Å²) >= 11 is 5.99. The predicted molar refractivity (Wildman–Crippen MR) is 82.3 cm³/mol. The lowest BCUT2D eigenvalue weighted by Gasteiger charge is -2.10. The molecular weight excluding hydrogens is 290 g/mol. The zero-order valence-corrected chi connectivity index (χ0v) is 12.4. The van der Waals surface area contributed by atoms with Gasteiger partial charge in [-0.1, -0.05) is 29.3 Å². The fourth-order valence-electron chi connectivity index (χ4n) is 1.87. The van der Waals surface area contributed by atoms with Crippen molar-refractivity contribution in [2.75, 3.05) is 5.32 Å². The number of halogens is 1. The topological polar surface area (TPSA) is 66.4 Å². The Morgan fingerprint density at radius 3 is 2.43 bits per heavy atom. The number of aromatic carboxylic acids is 1. The number of carboxylic acids is 1. The number of aryl methyl sites for hydroxylation is 2. The minimum Gasteiger partial charge on any atom is -0.478 e. The van der Waals surface area contributed by atoms with Gasteiger partial charge in [0.25, 0.3) is 5.91 Å². The van der Waals surface area contributed by atoms with E-state index >= 15 is 0 Å². The fourth-order valence-corrected chi connectivity index (χ4v) is 2.05. The van der Waals surface area contributed by atoms with E-state index in [-0.39, 0.29) is 11.3 Å². The van der Waals surface area contributed by atoms with Crippen molar-refractivity contribution in [3.8, 4) is 0 Å². The van der Waals surface area contributed by atoms with Crippen LogP contribution in [0.2, 0.25) is 5.02 Å². The monoisotopic (exact) mass is 303 g/mol. The molecule has 2 N–H and O–H groups in total. The van der Waals surface area contributed by atoms with Crippen molar-refractivity contribution >= 4 is 29.2 Å². The lowest BCUT2D eigenvalue weighted by atomic mass is 10.1. The van der Waals surface area contributed by atoms with Gasteiger partial charge in [0.2, 0.25) is 0 Å². The van der Waals surface area contributed by atoms with Crippen LogP contribution in [0.25, 0.3) is 0 Å². The van der Waals surface area contributed by atoms with Gasteiger partial charge in [0.15, 0.2) is 0 Å². The summed E-state index contributed by atoms with van der Waals surface area (Å²) in [5.41, 5.74) is 2.37. The van der Waals surface area contributed by atoms with Crippen LogP contribution in [0, 0.1) is 13.8 Å². The molecule has 0 saturated carbocycles. The fraction of sp³-hybridized carbons (Fsp3) is 0.125. The van der Waals surface area contributed by atoms with Crippen molar-refractivity contribution in [1.29, 1.82) is 0 Å². The number of amides is 1. The van der Waals surface area contributed by atoms with Crippen molar-refractivity contribution in [1.82, 2.24) is 0 Å². The Morgan fingerprint density at radius 2 is 1.81 bits per heavy atom. The molecule has 2 aromatic carbocycles. The van der Waals surface area contributed by atoms with Gasteiger partial charge in [-0.2, -0.15) is 0 Å². The molecule has 1 amide bonds. The highest BCUT2D eigenvalue weighted by atomic mass is 35.5. The van der Waals surface area contributed by atoms with Gasteiger partial charge in [-0.15, -0.1) is 0 Å². The number of carboxylic acid groups (broad SMARTS) is 1. The van der Waals surface area contributed by atoms with Crippen molar-refractivity contribution in [3.05, 3.63) is 63.7 Å². The molecule has 5 heteroatoms. The van der Waals surface area contributed by atoms with Crippen LogP contribution in [0.3, 0.4) is 0 Å². The average Bonchev–Trinajstić information content (AvgIpc) is 2.43. The molecule has 0 radical (unpaired) electrons. The molecule has 0 spiro atoms. The van der Waals surface area contributed by atoms with Crippen LogP contribution in [0.5, 0.6) is 0 Å². The Hall–Kier alpha value is -2.33. The third kappa shape index (κ3) is 3.41. The van der Waals surface area contributed by atoms with Crippen LogP contribution in [-0.4, -0.2) is 17.0 Å². The Kier molecular flexibility index (Phi) is 4.29. The molecule has 0 aliphatic rings. The first-order valence-corrected chi connectivity index (χ1v) is 6.67. The van der Waals surface area contributed by atoms with E-state index in [1.54, 1.807) is 37.3 Å². The molecular formula is C16H14ClNO3. The second kappa shape index (κ2) is 5.97. The first-order chi connectivity index (χ1) is 9.88. The van der Waals surface area contributed by atoms with Crippen LogP contribution >= 0.6 is 11.6 Å². The Morgan fingerprint density at radius 1 is 1.10 bits per heavy atom. The molecule has 0 fully saturated rings. The zero-order chi connectivity index (χ0) is 15.6. The minimum absolute atomic E-state index is 0.0570. The lowest BCUT2D eigenvalue weighted by molar-refractivity contribution is 0.0698. The molecule has 2 aromatic rings. The summed E-state index contributed by atoms with van der Waals surface area (Å²) in [6.07, 6.45) is 0. The van der Waals surface area contributed by atoms with Gasteiger partial charge in [0, 0.05) is 10.6 Å². The maximum atomic E-state index is 12.2. The molecule has 0 aliphatic carbocycles. The average molecular weight is 304 g/mol. The van der Waals surface area contributed by atoms with E-state index in [2.05, 4.69) is 5.32 Å². The van der Waals surface area contributed by atoms with E-state index in [1.807, 2.05) is 6.92 Å². The molecule has 0 aliphatic heterocycles. The van der Waals surface area contributed by atoms with Crippen molar-refractivity contribution < 1.29 is 14.7 Å². The van der Waals surface area contributed by atoms with Gasteiger partial charge in [0.1, 0.15) is 0 Å². The minimum atomic E-state index is -1.09. The highest BCUT2D eigenvalue weighted by Gasteiger charge is 2.14. The van der Waals surface area contributed by atoms with E-state index in [1.165, 1.54) is 6.07 Å². The second-order valence-corrected chi connectivity index (χ2v) is 5.18. The van der Waals surface area contributed by atoms with Crippen LogP contribution in [-0.2, 0) is 0 Å². The molecule has 0 saturated heterocycles. The van der Waals surface area contributed by atoms with Crippen LogP contribution in [0.1, 0.15) is 31.8 Å². The summed E-state index contributed by atoms with van der Waals surface area (Å²) in [6, 6.07) is 9.77. The normalized spacial score (nSPS) is 10.2. The van der Waals surface area contributed by atoms with E-state index in [0.717, 1.165) is 11.1 Å². The van der Waals surface area contributed by atoms with Gasteiger partial charge in [0.05, 0.1) is 11.3 Å². The number of rotatable bonds is 3. The summed E-state index contributed by atoms with van der Waals surface area (Å²) in [6.45, 7) is 3.63. The summed E-state index contributed by atoms with van der Waals surface area (Å²) in [5, 5.41) is 12.3. The second-order valence-electron chi connectivity index (χ2n) is 4.77. The Bertz CT molecular complexity index is 725. The summed E-state index contributed by atoms with van der Waals surface area (Å²) < 4.78 is 0. The third-order valence-corrected chi connectivity index (χ3v) is 3.49. The zero-order valence-electron chi connectivity index (χ0n) is 11.6. The SMILES string of the molecule is Cc1ccc(NC(=O)c2ccc(C)c(Cl)c2)c(C(=O)O)c1. The number of hydrogen-bond acceptors (Lipinski definition) is 2. The number of hydrogen-bond donors (Lipinski definition) is 2. The van der Waals surface area contributed by atoms with Gasteiger partial charge >= 0.3 is 5.97 Å². The Balaban J connectivity index is 2.31. The van der Waals surface area contributed by atoms with Crippen LogP contribution in [0.15, 0.2) is 36.4 Å². The molecule has 0 aromatic heterocycles. The molecule has 0 atom stereocenters. The molecule has 0 bridgehead atoms. The van der Waals surface area contributed by atoms with Crippen molar-refractivity contribution in [2.24, 2.45) is 0 Å². The third-order valence-electron chi connectivity index (χ3n) is 3.09. The number of benzene rings is 2. The lowest BCUT2D eigenvalue weighted by Crippen LogP contribution is -2.15. The number of carbonyl (C=O) groups is 2. The van der Waals surface area contributed by atoms with Crippen LogP contribution < -0.4 is 5.32 Å². The maximum Gasteiger partial charge on any atom is 0.337 e. The first kappa shape index (κ1) is 15.1. The van der Waals surface area contributed by atoms with Crippen LogP contribution in [0.4, 0.5) is 5.69 Å². The van der Waals surface area contributed by atoms with Gasteiger partial charge < -0.3 is 10.4 Å².